The molecule has 1 aliphatic rings. The normalized spacial score (nSPS) is 20.8. The molecule has 1 saturated carbocycles. The summed E-state index contributed by atoms with van der Waals surface area (Å²) in [7, 11) is 1.99. The van der Waals surface area contributed by atoms with Crippen molar-refractivity contribution in [3.63, 3.8) is 0 Å². The summed E-state index contributed by atoms with van der Waals surface area (Å²) in [5.41, 5.74) is 0.252. The average molecular weight is 197 g/mol. The number of nitrogens with one attached hydrogen (secondary N) is 1. The van der Waals surface area contributed by atoms with Crippen LogP contribution in [0, 0.1) is 4.77 Å². The first kappa shape index (κ1) is 8.94. The zero-order chi connectivity index (χ0) is 9.47. The molecule has 0 radical (unpaired) electrons. The van der Waals surface area contributed by atoms with Crippen LogP contribution in [0.4, 0.5) is 0 Å². The van der Waals surface area contributed by atoms with Crippen molar-refractivity contribution in [2.75, 3.05) is 0 Å². The van der Waals surface area contributed by atoms with E-state index in [2.05, 4.69) is 17.1 Å². The highest BCUT2D eigenvalue weighted by Gasteiger charge is 2.34. The summed E-state index contributed by atoms with van der Waals surface area (Å²) in [5, 5.41) is 7.17. The molecule has 1 aliphatic carbocycles. The molecule has 0 atom stereocenters. The standard InChI is InChI=1S/C9H15N3S/c1-9(5-3-4-6-9)7-10-11-8(13)12(7)2/h3-6H2,1-2H3,(H,11,13). The number of hydrogen-bond donors (Lipinski definition) is 1. The van der Waals surface area contributed by atoms with Gasteiger partial charge in [-0.1, -0.05) is 19.8 Å². The molecule has 1 heterocycles. The molecule has 1 fully saturated rings. The summed E-state index contributed by atoms with van der Waals surface area (Å²) in [4.78, 5) is 0. The summed E-state index contributed by atoms with van der Waals surface area (Å²) >= 11 is 5.10. The highest BCUT2D eigenvalue weighted by Crippen LogP contribution is 2.39. The maximum atomic E-state index is 5.10. The molecule has 0 saturated heterocycles. The van der Waals surface area contributed by atoms with E-state index in [0.29, 0.717) is 0 Å². The molecule has 13 heavy (non-hydrogen) atoms. The van der Waals surface area contributed by atoms with Gasteiger partial charge in [-0.15, -0.1) is 0 Å². The van der Waals surface area contributed by atoms with Crippen molar-refractivity contribution < 1.29 is 0 Å². The minimum atomic E-state index is 0.252. The zero-order valence-electron chi connectivity index (χ0n) is 8.13. The second-order valence-electron chi connectivity index (χ2n) is 4.18. The molecule has 1 aromatic heterocycles. The molecule has 1 aromatic rings. The van der Waals surface area contributed by atoms with Crippen LogP contribution in [0.1, 0.15) is 38.4 Å². The van der Waals surface area contributed by atoms with Gasteiger partial charge in [0, 0.05) is 12.5 Å². The van der Waals surface area contributed by atoms with Crippen LogP contribution in [0.5, 0.6) is 0 Å². The van der Waals surface area contributed by atoms with Gasteiger partial charge in [-0.25, -0.2) is 0 Å². The molecule has 0 unspecified atom stereocenters. The van der Waals surface area contributed by atoms with Crippen molar-refractivity contribution in [1.29, 1.82) is 0 Å². The van der Waals surface area contributed by atoms with Gasteiger partial charge < -0.3 is 4.57 Å². The van der Waals surface area contributed by atoms with E-state index in [9.17, 15) is 0 Å². The van der Waals surface area contributed by atoms with E-state index in [-0.39, 0.29) is 5.41 Å². The van der Waals surface area contributed by atoms with Crippen molar-refractivity contribution >= 4 is 12.2 Å². The van der Waals surface area contributed by atoms with Crippen LogP contribution in [-0.2, 0) is 12.5 Å². The average Bonchev–Trinajstić information content (AvgIpc) is 2.63. The maximum Gasteiger partial charge on any atom is 0.194 e. The third kappa shape index (κ3) is 1.33. The third-order valence-corrected chi connectivity index (χ3v) is 3.49. The molecule has 1 N–H and O–H groups in total. The number of rotatable bonds is 1. The SMILES string of the molecule is Cn1c(C2(C)CCCC2)n[nH]c1=S. The van der Waals surface area contributed by atoms with E-state index in [0.717, 1.165) is 10.6 Å². The van der Waals surface area contributed by atoms with Gasteiger partial charge in [-0.05, 0) is 25.1 Å². The first-order chi connectivity index (χ1) is 6.13. The highest BCUT2D eigenvalue weighted by molar-refractivity contribution is 7.71. The highest BCUT2D eigenvalue weighted by atomic mass is 32.1. The Morgan fingerprint density at radius 1 is 1.46 bits per heavy atom. The topological polar surface area (TPSA) is 33.6 Å². The fraction of sp³-hybridized carbons (Fsp3) is 0.778. The van der Waals surface area contributed by atoms with Gasteiger partial charge >= 0.3 is 0 Å². The minimum absolute atomic E-state index is 0.252. The number of nitrogens with zero attached hydrogens (tertiary/aromatic N) is 2. The van der Waals surface area contributed by atoms with E-state index in [4.69, 9.17) is 12.2 Å². The number of hydrogen-bond acceptors (Lipinski definition) is 2. The number of aromatic nitrogens is 3. The second kappa shape index (κ2) is 2.94. The Kier molecular flexibility index (Phi) is 2.02. The molecule has 0 spiro atoms. The zero-order valence-corrected chi connectivity index (χ0v) is 8.95. The van der Waals surface area contributed by atoms with Crippen LogP contribution in [-0.4, -0.2) is 14.8 Å². The largest absolute Gasteiger partial charge is 0.307 e. The van der Waals surface area contributed by atoms with Crippen LogP contribution in [0.25, 0.3) is 0 Å². The van der Waals surface area contributed by atoms with Crippen LogP contribution in [0.2, 0.25) is 0 Å². The van der Waals surface area contributed by atoms with Crippen molar-refractivity contribution in [2.45, 2.75) is 38.0 Å². The number of H-pyrrole nitrogens is 1. The number of aromatic amines is 1. The Morgan fingerprint density at radius 2 is 2.08 bits per heavy atom. The van der Waals surface area contributed by atoms with E-state index in [1.807, 2.05) is 11.6 Å². The lowest BCUT2D eigenvalue weighted by Gasteiger charge is -2.21. The molecule has 3 nitrogen and oxygen atoms in total. The van der Waals surface area contributed by atoms with Gasteiger partial charge in [-0.3, -0.25) is 5.10 Å². The predicted octanol–water partition coefficient (Wildman–Crippen LogP) is 2.31. The monoisotopic (exact) mass is 197 g/mol. The van der Waals surface area contributed by atoms with Gasteiger partial charge in [0.25, 0.3) is 0 Å². The van der Waals surface area contributed by atoms with Gasteiger partial charge in [0.05, 0.1) is 0 Å². The molecule has 72 valence electrons. The lowest BCUT2D eigenvalue weighted by Crippen LogP contribution is -2.21. The van der Waals surface area contributed by atoms with Gasteiger partial charge in [-0.2, -0.15) is 5.10 Å². The predicted molar refractivity (Wildman–Crippen MR) is 54.2 cm³/mol. The molecule has 2 rings (SSSR count). The molecule has 0 amide bonds. The fourth-order valence-corrected chi connectivity index (χ4v) is 2.40. The lowest BCUT2D eigenvalue weighted by atomic mass is 9.88. The Bertz CT molecular complexity index is 357. The first-order valence-electron chi connectivity index (χ1n) is 4.75. The van der Waals surface area contributed by atoms with E-state index >= 15 is 0 Å². The third-order valence-electron chi connectivity index (χ3n) is 3.13. The molecular formula is C9H15N3S. The quantitative estimate of drug-likeness (QED) is 0.701. The molecule has 0 aromatic carbocycles. The van der Waals surface area contributed by atoms with E-state index < -0.39 is 0 Å². The summed E-state index contributed by atoms with van der Waals surface area (Å²) in [6.45, 7) is 2.28. The van der Waals surface area contributed by atoms with Gasteiger partial charge in [0.1, 0.15) is 5.82 Å². The molecular weight excluding hydrogens is 182 g/mol. The molecule has 0 bridgehead atoms. The fourth-order valence-electron chi connectivity index (χ4n) is 2.27. The minimum Gasteiger partial charge on any atom is -0.307 e. The summed E-state index contributed by atoms with van der Waals surface area (Å²) in [6, 6.07) is 0. The Morgan fingerprint density at radius 3 is 2.54 bits per heavy atom. The van der Waals surface area contributed by atoms with Crippen LogP contribution in [0.15, 0.2) is 0 Å². The van der Waals surface area contributed by atoms with Gasteiger partial charge in [0.2, 0.25) is 0 Å². The first-order valence-corrected chi connectivity index (χ1v) is 5.16. The van der Waals surface area contributed by atoms with Crippen molar-refractivity contribution in [3.05, 3.63) is 10.6 Å². The second-order valence-corrected chi connectivity index (χ2v) is 4.57. The van der Waals surface area contributed by atoms with Crippen molar-refractivity contribution in [3.8, 4) is 0 Å². The van der Waals surface area contributed by atoms with Crippen LogP contribution in [0.3, 0.4) is 0 Å². The Labute approximate surface area is 83.2 Å². The smallest absolute Gasteiger partial charge is 0.194 e. The van der Waals surface area contributed by atoms with Gasteiger partial charge in [0.15, 0.2) is 4.77 Å². The summed E-state index contributed by atoms with van der Waals surface area (Å²) in [6.07, 6.45) is 5.10. The Balaban J connectivity index is 2.44. The summed E-state index contributed by atoms with van der Waals surface area (Å²) in [5.74, 6) is 1.12. The molecule has 4 heteroatoms. The Hall–Kier alpha value is -0.640. The summed E-state index contributed by atoms with van der Waals surface area (Å²) < 4.78 is 2.73. The lowest BCUT2D eigenvalue weighted by molar-refractivity contribution is 0.441. The van der Waals surface area contributed by atoms with E-state index in [1.165, 1.54) is 25.7 Å². The van der Waals surface area contributed by atoms with Crippen LogP contribution >= 0.6 is 12.2 Å². The van der Waals surface area contributed by atoms with Crippen molar-refractivity contribution in [1.82, 2.24) is 14.8 Å². The van der Waals surface area contributed by atoms with E-state index in [1.54, 1.807) is 0 Å². The maximum absolute atomic E-state index is 5.10. The molecule has 0 aliphatic heterocycles. The van der Waals surface area contributed by atoms with Crippen LogP contribution < -0.4 is 0 Å². The van der Waals surface area contributed by atoms with Crippen molar-refractivity contribution in [2.24, 2.45) is 7.05 Å².